The molecule has 3 aliphatic rings. The average molecular weight is 623 g/mol. The SMILES string of the molecule is C[C@H](/C=C/CC(=O)N1Cc2ccccc2C[C@H]1CO)[C@@]1(O)C(=O)N(Cc2cccc(NC(=O)C3CCCNC3)c2)c2ccccc21. The predicted octanol–water partition coefficient (Wildman–Crippen LogP) is 3.89. The summed E-state index contributed by atoms with van der Waals surface area (Å²) < 4.78 is 0. The Bertz CT molecular complexity index is 1630. The highest BCUT2D eigenvalue weighted by Crippen LogP contribution is 2.45. The molecule has 9 nitrogen and oxygen atoms in total. The lowest BCUT2D eigenvalue weighted by atomic mass is 9.83. The number of para-hydroxylation sites is 1. The summed E-state index contributed by atoms with van der Waals surface area (Å²) in [4.78, 5) is 43.4. The summed E-state index contributed by atoms with van der Waals surface area (Å²) in [6.45, 7) is 3.93. The van der Waals surface area contributed by atoms with Crippen LogP contribution in [-0.4, -0.2) is 58.6 Å². The molecule has 3 amide bonds. The molecule has 240 valence electrons. The molecule has 0 bridgehead atoms. The summed E-state index contributed by atoms with van der Waals surface area (Å²) in [7, 11) is 0. The molecule has 1 fully saturated rings. The second-order valence-corrected chi connectivity index (χ2v) is 12.7. The lowest BCUT2D eigenvalue weighted by Gasteiger charge is -2.36. The number of nitrogens with one attached hydrogen (secondary N) is 2. The quantitative estimate of drug-likeness (QED) is 0.269. The van der Waals surface area contributed by atoms with Crippen molar-refractivity contribution >= 4 is 29.1 Å². The third kappa shape index (κ3) is 6.23. The molecule has 0 aromatic heterocycles. The molecule has 0 aliphatic carbocycles. The first-order valence-electron chi connectivity index (χ1n) is 16.2. The van der Waals surface area contributed by atoms with Gasteiger partial charge in [0.15, 0.2) is 5.60 Å². The second kappa shape index (κ2) is 13.6. The van der Waals surface area contributed by atoms with Crippen LogP contribution in [0.2, 0.25) is 0 Å². The summed E-state index contributed by atoms with van der Waals surface area (Å²) >= 11 is 0. The van der Waals surface area contributed by atoms with Crippen molar-refractivity contribution in [2.45, 2.75) is 57.3 Å². The van der Waals surface area contributed by atoms with E-state index < -0.39 is 17.4 Å². The van der Waals surface area contributed by atoms with Gasteiger partial charge < -0.3 is 30.6 Å². The van der Waals surface area contributed by atoms with Crippen molar-refractivity contribution in [2.24, 2.45) is 11.8 Å². The zero-order valence-corrected chi connectivity index (χ0v) is 26.2. The van der Waals surface area contributed by atoms with Crippen LogP contribution in [0, 0.1) is 11.8 Å². The highest BCUT2D eigenvalue weighted by atomic mass is 16.3. The molecule has 4 N–H and O–H groups in total. The number of benzene rings is 3. The van der Waals surface area contributed by atoms with E-state index in [1.807, 2.05) is 60.7 Å². The summed E-state index contributed by atoms with van der Waals surface area (Å²) in [5.41, 5.74) is 3.06. The van der Waals surface area contributed by atoms with Gasteiger partial charge in [-0.3, -0.25) is 14.4 Å². The first kappa shape index (κ1) is 31.7. The van der Waals surface area contributed by atoms with E-state index in [4.69, 9.17) is 0 Å². The van der Waals surface area contributed by atoms with E-state index in [0.29, 0.717) is 36.4 Å². The normalized spacial score (nSPS) is 23.2. The Morgan fingerprint density at radius 2 is 1.87 bits per heavy atom. The summed E-state index contributed by atoms with van der Waals surface area (Å²) in [5, 5.41) is 28.3. The second-order valence-electron chi connectivity index (χ2n) is 12.7. The van der Waals surface area contributed by atoms with E-state index in [9.17, 15) is 24.6 Å². The van der Waals surface area contributed by atoms with Crippen molar-refractivity contribution in [1.82, 2.24) is 10.2 Å². The van der Waals surface area contributed by atoms with Gasteiger partial charge in [0.05, 0.1) is 30.8 Å². The maximum atomic E-state index is 14.0. The Morgan fingerprint density at radius 3 is 2.65 bits per heavy atom. The first-order valence-corrected chi connectivity index (χ1v) is 16.2. The van der Waals surface area contributed by atoms with Crippen LogP contribution in [0.5, 0.6) is 0 Å². The van der Waals surface area contributed by atoms with Gasteiger partial charge in [0.1, 0.15) is 0 Å². The van der Waals surface area contributed by atoms with E-state index in [1.165, 1.54) is 0 Å². The van der Waals surface area contributed by atoms with Crippen LogP contribution >= 0.6 is 0 Å². The lowest BCUT2D eigenvalue weighted by molar-refractivity contribution is -0.139. The van der Waals surface area contributed by atoms with Crippen LogP contribution < -0.4 is 15.5 Å². The third-order valence-electron chi connectivity index (χ3n) is 9.64. The molecule has 3 aliphatic heterocycles. The molecule has 6 rings (SSSR count). The average Bonchev–Trinajstić information content (AvgIpc) is 3.30. The number of aliphatic hydroxyl groups excluding tert-OH is 1. The van der Waals surface area contributed by atoms with E-state index in [-0.39, 0.29) is 43.3 Å². The predicted molar refractivity (Wildman–Crippen MR) is 177 cm³/mol. The maximum absolute atomic E-state index is 14.0. The first-order chi connectivity index (χ1) is 22.3. The van der Waals surface area contributed by atoms with E-state index in [2.05, 4.69) is 10.6 Å². The number of piperidine rings is 1. The topological polar surface area (TPSA) is 122 Å². The number of amides is 3. The minimum atomic E-state index is -1.81. The fourth-order valence-corrected chi connectivity index (χ4v) is 6.98. The van der Waals surface area contributed by atoms with Crippen LogP contribution in [0.1, 0.15) is 48.4 Å². The molecule has 3 heterocycles. The van der Waals surface area contributed by atoms with Crippen LogP contribution in [-0.2, 0) is 39.5 Å². The molecule has 1 unspecified atom stereocenters. The van der Waals surface area contributed by atoms with Gasteiger partial charge in [-0.15, -0.1) is 0 Å². The Hall–Kier alpha value is -4.31. The van der Waals surface area contributed by atoms with Crippen molar-refractivity contribution in [2.75, 3.05) is 29.9 Å². The fraction of sp³-hybridized carbons (Fsp3) is 0.378. The standard InChI is InChI=1S/C37H42N4O5/c1-25(9-6-17-34(43)40-23-29-12-3-2-11-27(29)20-31(40)24-42)37(46)32-15-4-5-16-33(32)41(36(37)45)22-26-10-7-14-30(19-26)39-35(44)28-13-8-18-38-21-28/h2-7,9-12,14-16,19,25,28,31,38,42,46H,8,13,17-18,20-24H2,1H3,(H,39,44)/b9-6+/t25-,28?,31+,37+/m1/s1. The zero-order chi connectivity index (χ0) is 32.3. The molecule has 0 saturated carbocycles. The number of carbonyl (C=O) groups is 3. The number of rotatable bonds is 9. The highest BCUT2D eigenvalue weighted by Gasteiger charge is 2.52. The van der Waals surface area contributed by atoms with Gasteiger partial charge in [0, 0.05) is 36.7 Å². The van der Waals surface area contributed by atoms with Crippen molar-refractivity contribution in [1.29, 1.82) is 0 Å². The van der Waals surface area contributed by atoms with E-state index >= 15 is 0 Å². The number of hydrogen-bond donors (Lipinski definition) is 4. The third-order valence-corrected chi connectivity index (χ3v) is 9.64. The Morgan fingerprint density at radius 1 is 1.09 bits per heavy atom. The molecule has 0 radical (unpaired) electrons. The minimum Gasteiger partial charge on any atom is -0.394 e. The molecule has 3 aromatic rings. The molecule has 4 atom stereocenters. The van der Waals surface area contributed by atoms with Crippen LogP contribution in [0.4, 0.5) is 11.4 Å². The van der Waals surface area contributed by atoms with Crippen molar-refractivity contribution in [3.8, 4) is 0 Å². The van der Waals surface area contributed by atoms with Gasteiger partial charge in [0.2, 0.25) is 11.8 Å². The minimum absolute atomic E-state index is 0.0163. The molecular weight excluding hydrogens is 580 g/mol. The van der Waals surface area contributed by atoms with Crippen molar-refractivity contribution < 1.29 is 24.6 Å². The largest absolute Gasteiger partial charge is 0.394 e. The maximum Gasteiger partial charge on any atom is 0.264 e. The van der Waals surface area contributed by atoms with Gasteiger partial charge in [-0.25, -0.2) is 0 Å². The van der Waals surface area contributed by atoms with Crippen molar-refractivity contribution in [3.63, 3.8) is 0 Å². The number of aliphatic hydroxyl groups is 2. The van der Waals surface area contributed by atoms with Gasteiger partial charge >= 0.3 is 0 Å². The molecule has 9 heteroatoms. The molecule has 3 aromatic carbocycles. The van der Waals surface area contributed by atoms with Crippen LogP contribution in [0.25, 0.3) is 0 Å². The number of nitrogens with zero attached hydrogens (tertiary/aromatic N) is 2. The molecular formula is C37H42N4O5. The summed E-state index contributed by atoms with van der Waals surface area (Å²) in [6.07, 6.45) is 5.97. The Labute approximate surface area is 269 Å². The monoisotopic (exact) mass is 622 g/mol. The Balaban J connectivity index is 1.14. The highest BCUT2D eigenvalue weighted by molar-refractivity contribution is 6.07. The number of anilines is 2. The summed E-state index contributed by atoms with van der Waals surface area (Å²) in [6, 6.07) is 22.4. The van der Waals surface area contributed by atoms with Gasteiger partial charge in [-0.2, -0.15) is 0 Å². The van der Waals surface area contributed by atoms with Gasteiger partial charge in [-0.1, -0.05) is 73.7 Å². The van der Waals surface area contributed by atoms with Crippen molar-refractivity contribution in [3.05, 3.63) is 107 Å². The fourth-order valence-electron chi connectivity index (χ4n) is 6.98. The van der Waals surface area contributed by atoms with Crippen LogP contribution in [0.3, 0.4) is 0 Å². The van der Waals surface area contributed by atoms with Gasteiger partial charge in [-0.05, 0) is 60.7 Å². The number of carbonyl (C=O) groups excluding carboxylic acids is 3. The molecule has 1 saturated heterocycles. The number of hydrogen-bond acceptors (Lipinski definition) is 6. The van der Waals surface area contributed by atoms with Crippen LogP contribution in [0.15, 0.2) is 84.9 Å². The van der Waals surface area contributed by atoms with E-state index in [0.717, 1.165) is 36.1 Å². The molecule has 0 spiro atoms. The number of fused-ring (bicyclic) bond motifs is 2. The molecule has 46 heavy (non-hydrogen) atoms. The van der Waals surface area contributed by atoms with Gasteiger partial charge in [0.25, 0.3) is 5.91 Å². The lowest BCUT2D eigenvalue weighted by Crippen LogP contribution is -2.46. The summed E-state index contributed by atoms with van der Waals surface area (Å²) in [5.74, 6) is -1.26. The zero-order valence-electron chi connectivity index (χ0n) is 26.2. The smallest absolute Gasteiger partial charge is 0.264 e. The van der Waals surface area contributed by atoms with E-state index in [1.54, 1.807) is 41.0 Å². The Kier molecular flexibility index (Phi) is 9.35.